The van der Waals surface area contributed by atoms with Gasteiger partial charge in [-0.15, -0.1) is 0 Å². The predicted octanol–water partition coefficient (Wildman–Crippen LogP) is 4.64. The highest BCUT2D eigenvalue weighted by Crippen LogP contribution is 2.24. The van der Waals surface area contributed by atoms with Crippen LogP contribution in [0.1, 0.15) is 18.6 Å². The Morgan fingerprint density at radius 1 is 0.957 bits per heavy atom. The highest BCUT2D eigenvalue weighted by atomic mass is 16.5. The Morgan fingerprint density at radius 2 is 1.61 bits per heavy atom. The molecular formula is C19H18N2O2. The van der Waals surface area contributed by atoms with E-state index in [1.54, 1.807) is 6.20 Å². The molecule has 0 aliphatic rings. The van der Waals surface area contributed by atoms with Crippen LogP contribution < -0.4 is 4.74 Å². The summed E-state index contributed by atoms with van der Waals surface area (Å²) in [6.07, 6.45) is 1.70. The Bertz CT molecular complexity index is 790. The molecule has 0 bridgehead atoms. The molecule has 4 heteroatoms. The Labute approximate surface area is 135 Å². The zero-order valence-electron chi connectivity index (χ0n) is 13.1. The van der Waals surface area contributed by atoms with E-state index in [0.717, 1.165) is 22.8 Å². The third-order valence-electron chi connectivity index (χ3n) is 3.44. The van der Waals surface area contributed by atoms with Gasteiger partial charge in [0.1, 0.15) is 11.5 Å². The smallest absolute Gasteiger partial charge is 0.249 e. The number of nitrogens with zero attached hydrogens (tertiary/aromatic N) is 2. The van der Waals surface area contributed by atoms with Crippen LogP contribution in [0.4, 0.5) is 0 Å². The van der Waals surface area contributed by atoms with Crippen molar-refractivity contribution in [3.63, 3.8) is 0 Å². The maximum absolute atomic E-state index is 11.9. The fourth-order valence-electron chi connectivity index (χ4n) is 2.18. The lowest BCUT2D eigenvalue weighted by Gasteiger charge is -2.06. The number of benzene rings is 2. The quantitative estimate of drug-likeness (QED) is 0.705. The van der Waals surface area contributed by atoms with Crippen molar-refractivity contribution in [2.24, 2.45) is 5.92 Å². The average Bonchev–Trinajstić information content (AvgIpc) is 3.05. The van der Waals surface area contributed by atoms with E-state index in [1.165, 1.54) is 4.68 Å². The van der Waals surface area contributed by atoms with Gasteiger partial charge in [-0.25, -0.2) is 4.68 Å². The van der Waals surface area contributed by atoms with Crippen molar-refractivity contribution in [2.75, 3.05) is 0 Å². The van der Waals surface area contributed by atoms with Gasteiger partial charge in [-0.2, -0.15) is 5.10 Å². The maximum Gasteiger partial charge on any atom is 0.249 e. The third-order valence-corrected chi connectivity index (χ3v) is 3.44. The first-order chi connectivity index (χ1) is 11.1. The molecule has 0 fully saturated rings. The number of carbonyl (C=O) groups is 1. The molecule has 0 atom stereocenters. The minimum atomic E-state index is -0.0793. The zero-order valence-corrected chi connectivity index (χ0v) is 13.1. The van der Waals surface area contributed by atoms with Crippen LogP contribution in [0, 0.1) is 5.92 Å². The largest absolute Gasteiger partial charge is 0.457 e. The molecule has 2 aromatic carbocycles. The highest BCUT2D eigenvalue weighted by molar-refractivity contribution is 5.80. The van der Waals surface area contributed by atoms with E-state index in [1.807, 2.05) is 74.5 Å². The number of rotatable bonds is 4. The van der Waals surface area contributed by atoms with Gasteiger partial charge in [-0.1, -0.05) is 32.0 Å². The van der Waals surface area contributed by atoms with Crippen LogP contribution in [0.3, 0.4) is 0 Å². The molecule has 0 amide bonds. The van der Waals surface area contributed by atoms with Gasteiger partial charge in [0.2, 0.25) is 5.91 Å². The molecule has 0 N–H and O–H groups in total. The monoisotopic (exact) mass is 306 g/mol. The van der Waals surface area contributed by atoms with Gasteiger partial charge in [0.15, 0.2) is 0 Å². The summed E-state index contributed by atoms with van der Waals surface area (Å²) in [4.78, 5) is 11.9. The lowest BCUT2D eigenvalue weighted by molar-refractivity contribution is 0.0839. The molecule has 0 aliphatic carbocycles. The van der Waals surface area contributed by atoms with Gasteiger partial charge in [0.25, 0.3) is 0 Å². The van der Waals surface area contributed by atoms with Crippen molar-refractivity contribution in [3.05, 3.63) is 66.9 Å². The summed E-state index contributed by atoms with van der Waals surface area (Å²) in [5.74, 6) is 1.47. The van der Waals surface area contributed by atoms with E-state index in [9.17, 15) is 4.79 Å². The molecule has 3 rings (SSSR count). The van der Waals surface area contributed by atoms with Crippen molar-refractivity contribution >= 4 is 5.91 Å². The zero-order chi connectivity index (χ0) is 16.2. The van der Waals surface area contributed by atoms with E-state index in [-0.39, 0.29) is 11.8 Å². The van der Waals surface area contributed by atoms with Crippen LogP contribution in [0.25, 0.3) is 11.3 Å². The molecule has 4 nitrogen and oxygen atoms in total. The van der Waals surface area contributed by atoms with Gasteiger partial charge in [-0.3, -0.25) is 4.79 Å². The van der Waals surface area contributed by atoms with Gasteiger partial charge in [0, 0.05) is 17.7 Å². The topological polar surface area (TPSA) is 44.1 Å². The molecule has 1 heterocycles. The number of hydrogen-bond donors (Lipinski definition) is 0. The summed E-state index contributed by atoms with van der Waals surface area (Å²) in [6.45, 7) is 3.72. The molecule has 0 unspecified atom stereocenters. The summed E-state index contributed by atoms with van der Waals surface area (Å²) in [7, 11) is 0. The van der Waals surface area contributed by atoms with Crippen LogP contribution in [0.5, 0.6) is 11.5 Å². The van der Waals surface area contributed by atoms with Crippen molar-refractivity contribution in [1.29, 1.82) is 0 Å². The number of aromatic nitrogens is 2. The number of hydrogen-bond acceptors (Lipinski definition) is 3. The SMILES string of the molecule is CC(C)C(=O)n1ccc(-c2ccc(Oc3ccccc3)cc2)n1. The molecule has 0 saturated carbocycles. The average molecular weight is 306 g/mol. The molecule has 0 radical (unpaired) electrons. The number of para-hydroxylation sites is 1. The van der Waals surface area contributed by atoms with E-state index >= 15 is 0 Å². The first-order valence-electron chi connectivity index (χ1n) is 7.57. The number of ether oxygens (including phenoxy) is 1. The Kier molecular flexibility index (Phi) is 4.24. The second kappa shape index (κ2) is 6.48. The number of carbonyl (C=O) groups excluding carboxylic acids is 1. The van der Waals surface area contributed by atoms with Crippen LogP contribution in [-0.2, 0) is 0 Å². The lowest BCUT2D eigenvalue weighted by Crippen LogP contribution is -2.17. The van der Waals surface area contributed by atoms with Crippen molar-refractivity contribution < 1.29 is 9.53 Å². The summed E-state index contributed by atoms with van der Waals surface area (Å²) in [5, 5.41) is 4.34. The molecule has 3 aromatic rings. The van der Waals surface area contributed by atoms with Crippen LogP contribution in [0.15, 0.2) is 66.9 Å². The van der Waals surface area contributed by atoms with Gasteiger partial charge in [-0.05, 0) is 42.5 Å². The molecular weight excluding hydrogens is 288 g/mol. The standard InChI is InChI=1S/C19H18N2O2/c1-14(2)19(22)21-13-12-18(20-21)15-8-10-17(11-9-15)23-16-6-4-3-5-7-16/h3-14H,1-2H3. The van der Waals surface area contributed by atoms with Crippen LogP contribution >= 0.6 is 0 Å². The molecule has 0 aliphatic heterocycles. The van der Waals surface area contributed by atoms with Crippen molar-refractivity contribution in [3.8, 4) is 22.8 Å². The molecule has 0 saturated heterocycles. The maximum atomic E-state index is 11.9. The first-order valence-corrected chi connectivity index (χ1v) is 7.57. The third kappa shape index (κ3) is 3.48. The Hall–Kier alpha value is -2.88. The van der Waals surface area contributed by atoms with E-state index < -0.39 is 0 Å². The normalized spacial score (nSPS) is 10.7. The van der Waals surface area contributed by atoms with Crippen molar-refractivity contribution in [2.45, 2.75) is 13.8 Å². The van der Waals surface area contributed by atoms with Crippen LogP contribution in [-0.4, -0.2) is 15.7 Å². The lowest BCUT2D eigenvalue weighted by atomic mass is 10.1. The summed E-state index contributed by atoms with van der Waals surface area (Å²) >= 11 is 0. The highest BCUT2D eigenvalue weighted by Gasteiger charge is 2.12. The molecule has 23 heavy (non-hydrogen) atoms. The fourth-order valence-corrected chi connectivity index (χ4v) is 2.18. The molecule has 1 aromatic heterocycles. The van der Waals surface area contributed by atoms with E-state index in [0.29, 0.717) is 0 Å². The second-order valence-corrected chi connectivity index (χ2v) is 5.58. The van der Waals surface area contributed by atoms with Crippen molar-refractivity contribution in [1.82, 2.24) is 9.78 Å². The van der Waals surface area contributed by atoms with E-state index in [4.69, 9.17) is 4.74 Å². The Balaban J connectivity index is 1.76. The minimum absolute atomic E-state index is 0.0136. The summed E-state index contributed by atoms with van der Waals surface area (Å²) < 4.78 is 7.16. The fraction of sp³-hybridized carbons (Fsp3) is 0.158. The second-order valence-electron chi connectivity index (χ2n) is 5.58. The Morgan fingerprint density at radius 3 is 2.26 bits per heavy atom. The van der Waals surface area contributed by atoms with Crippen LogP contribution in [0.2, 0.25) is 0 Å². The predicted molar refractivity (Wildman–Crippen MR) is 89.6 cm³/mol. The summed E-state index contributed by atoms with van der Waals surface area (Å²) in [5.41, 5.74) is 1.71. The summed E-state index contributed by atoms with van der Waals surface area (Å²) in [6, 6.07) is 19.1. The van der Waals surface area contributed by atoms with Gasteiger partial charge >= 0.3 is 0 Å². The van der Waals surface area contributed by atoms with Gasteiger partial charge in [0.05, 0.1) is 5.69 Å². The first kappa shape index (κ1) is 15.0. The van der Waals surface area contributed by atoms with Gasteiger partial charge < -0.3 is 4.74 Å². The minimum Gasteiger partial charge on any atom is -0.457 e. The van der Waals surface area contributed by atoms with E-state index in [2.05, 4.69) is 5.10 Å². The molecule has 0 spiro atoms. The molecule has 116 valence electrons.